The Balaban J connectivity index is 2.48. The number of hydrogen-bond acceptors (Lipinski definition) is 3. The second-order valence-electron chi connectivity index (χ2n) is 4.78. The Kier molecular flexibility index (Phi) is 2.96. The molecule has 76 valence electrons. The first-order valence-corrected chi connectivity index (χ1v) is 4.84. The minimum Gasteiger partial charge on any atom is -0.460 e. The summed E-state index contributed by atoms with van der Waals surface area (Å²) in [6.45, 7) is 9.46. The van der Waals surface area contributed by atoms with Crippen molar-refractivity contribution in [3.05, 3.63) is 0 Å². The zero-order valence-corrected chi connectivity index (χ0v) is 8.89. The maximum atomic E-state index is 11.6. The molecule has 0 unspecified atom stereocenters. The van der Waals surface area contributed by atoms with Crippen LogP contribution in [0.4, 0.5) is 0 Å². The maximum Gasteiger partial charge on any atom is 0.311 e. The Morgan fingerprint density at radius 1 is 1.38 bits per heavy atom. The highest BCUT2D eigenvalue weighted by atomic mass is 16.6. The maximum absolute atomic E-state index is 11.6. The van der Waals surface area contributed by atoms with Crippen molar-refractivity contribution in [1.82, 2.24) is 5.32 Å². The summed E-state index contributed by atoms with van der Waals surface area (Å²) in [4.78, 5) is 11.6. The third-order valence-corrected chi connectivity index (χ3v) is 2.23. The minimum atomic E-state index is -0.362. The summed E-state index contributed by atoms with van der Waals surface area (Å²) in [6, 6.07) is 0. The van der Waals surface area contributed by atoms with E-state index >= 15 is 0 Å². The Bertz CT molecular complexity index is 196. The highest BCUT2D eigenvalue weighted by Gasteiger charge is 2.32. The van der Waals surface area contributed by atoms with E-state index in [-0.39, 0.29) is 17.5 Å². The van der Waals surface area contributed by atoms with Gasteiger partial charge in [-0.3, -0.25) is 4.79 Å². The van der Waals surface area contributed by atoms with Gasteiger partial charge in [-0.25, -0.2) is 0 Å². The van der Waals surface area contributed by atoms with Crippen molar-refractivity contribution in [1.29, 1.82) is 0 Å². The molecule has 3 heteroatoms. The number of nitrogens with one attached hydrogen (secondary N) is 1. The third-order valence-electron chi connectivity index (χ3n) is 2.23. The lowest BCUT2D eigenvalue weighted by molar-refractivity contribution is -0.160. The minimum absolute atomic E-state index is 0.0409. The fourth-order valence-corrected chi connectivity index (χ4v) is 1.50. The smallest absolute Gasteiger partial charge is 0.311 e. The fourth-order valence-electron chi connectivity index (χ4n) is 1.50. The molecule has 0 saturated carbocycles. The van der Waals surface area contributed by atoms with Gasteiger partial charge in [-0.2, -0.15) is 0 Å². The number of esters is 1. The summed E-state index contributed by atoms with van der Waals surface area (Å²) < 4.78 is 5.31. The number of rotatable bonds is 1. The summed E-state index contributed by atoms with van der Waals surface area (Å²) in [5.74, 6) is 0.374. The molecule has 1 saturated heterocycles. The molecule has 2 atom stereocenters. The zero-order chi connectivity index (χ0) is 10.1. The average Bonchev–Trinajstić information content (AvgIpc) is 2.30. The molecule has 3 nitrogen and oxygen atoms in total. The van der Waals surface area contributed by atoms with E-state index in [0.29, 0.717) is 5.92 Å². The molecule has 1 fully saturated rings. The third kappa shape index (κ3) is 2.99. The van der Waals surface area contributed by atoms with E-state index < -0.39 is 0 Å². The fraction of sp³-hybridized carbons (Fsp3) is 0.900. The first-order valence-electron chi connectivity index (χ1n) is 4.84. The van der Waals surface area contributed by atoms with Gasteiger partial charge in [0.25, 0.3) is 0 Å². The molecule has 0 spiro atoms. The van der Waals surface area contributed by atoms with Crippen molar-refractivity contribution in [2.75, 3.05) is 13.1 Å². The summed E-state index contributed by atoms with van der Waals surface area (Å²) in [6.07, 6.45) is 0. The lowest BCUT2D eigenvalue weighted by Crippen LogP contribution is -2.31. The van der Waals surface area contributed by atoms with E-state index in [1.807, 2.05) is 20.8 Å². The first-order chi connectivity index (χ1) is 5.90. The Labute approximate surface area is 79.8 Å². The van der Waals surface area contributed by atoms with Gasteiger partial charge in [0, 0.05) is 6.54 Å². The molecule has 1 rings (SSSR count). The summed E-state index contributed by atoms with van der Waals surface area (Å²) in [5.41, 5.74) is -0.362. The quantitative estimate of drug-likeness (QED) is 0.623. The van der Waals surface area contributed by atoms with Gasteiger partial charge in [-0.15, -0.1) is 0 Å². The van der Waals surface area contributed by atoms with Crippen LogP contribution in [0, 0.1) is 11.8 Å². The van der Waals surface area contributed by atoms with Gasteiger partial charge in [-0.1, -0.05) is 6.92 Å². The van der Waals surface area contributed by atoms with Gasteiger partial charge in [0.15, 0.2) is 0 Å². The number of carbonyl (C=O) groups excluding carboxylic acids is 1. The molecular weight excluding hydrogens is 166 g/mol. The van der Waals surface area contributed by atoms with E-state index in [0.717, 1.165) is 13.1 Å². The van der Waals surface area contributed by atoms with E-state index in [1.54, 1.807) is 0 Å². The van der Waals surface area contributed by atoms with Crippen LogP contribution in [0.5, 0.6) is 0 Å². The van der Waals surface area contributed by atoms with E-state index in [1.165, 1.54) is 0 Å². The Morgan fingerprint density at radius 3 is 2.38 bits per heavy atom. The molecule has 0 bridgehead atoms. The predicted octanol–water partition coefficient (Wildman–Crippen LogP) is 1.18. The van der Waals surface area contributed by atoms with Crippen molar-refractivity contribution >= 4 is 5.97 Å². The SMILES string of the molecule is C[C@@H]1CNC[C@H]1C(=O)OC(C)(C)C. The predicted molar refractivity (Wildman–Crippen MR) is 51.4 cm³/mol. The van der Waals surface area contributed by atoms with Crippen LogP contribution in [-0.4, -0.2) is 24.7 Å². The molecule has 13 heavy (non-hydrogen) atoms. The molecule has 1 heterocycles. The van der Waals surface area contributed by atoms with Gasteiger partial charge >= 0.3 is 5.97 Å². The van der Waals surface area contributed by atoms with Gasteiger partial charge < -0.3 is 10.1 Å². The zero-order valence-electron chi connectivity index (χ0n) is 8.89. The number of ether oxygens (including phenoxy) is 1. The highest BCUT2D eigenvalue weighted by Crippen LogP contribution is 2.20. The summed E-state index contributed by atoms with van der Waals surface area (Å²) >= 11 is 0. The normalized spacial score (nSPS) is 28.9. The van der Waals surface area contributed by atoms with Crippen LogP contribution in [0.15, 0.2) is 0 Å². The molecule has 0 aromatic carbocycles. The molecule has 1 N–H and O–H groups in total. The molecule has 0 aromatic heterocycles. The molecule has 0 aromatic rings. The van der Waals surface area contributed by atoms with Crippen molar-refractivity contribution in [2.45, 2.75) is 33.3 Å². The summed E-state index contributed by atoms with van der Waals surface area (Å²) in [5, 5.41) is 3.19. The van der Waals surface area contributed by atoms with Gasteiger partial charge in [0.2, 0.25) is 0 Å². The topological polar surface area (TPSA) is 38.3 Å². The van der Waals surface area contributed by atoms with Crippen LogP contribution in [0.1, 0.15) is 27.7 Å². The number of carbonyl (C=O) groups is 1. The van der Waals surface area contributed by atoms with E-state index in [2.05, 4.69) is 12.2 Å². The van der Waals surface area contributed by atoms with Gasteiger partial charge in [-0.05, 0) is 33.2 Å². The second-order valence-corrected chi connectivity index (χ2v) is 4.78. The van der Waals surface area contributed by atoms with Crippen molar-refractivity contribution in [3.8, 4) is 0 Å². The van der Waals surface area contributed by atoms with Crippen LogP contribution < -0.4 is 5.32 Å². The molecule has 1 aliphatic heterocycles. The molecule has 0 radical (unpaired) electrons. The monoisotopic (exact) mass is 185 g/mol. The van der Waals surface area contributed by atoms with Crippen LogP contribution in [-0.2, 0) is 9.53 Å². The van der Waals surface area contributed by atoms with Crippen LogP contribution in [0.3, 0.4) is 0 Å². The Morgan fingerprint density at radius 2 is 2.00 bits per heavy atom. The van der Waals surface area contributed by atoms with Crippen LogP contribution in [0.25, 0.3) is 0 Å². The van der Waals surface area contributed by atoms with Crippen LogP contribution >= 0.6 is 0 Å². The second kappa shape index (κ2) is 3.66. The standard InChI is InChI=1S/C10H19NO2/c1-7-5-11-6-8(7)9(12)13-10(2,3)4/h7-8,11H,5-6H2,1-4H3/t7-,8-/m1/s1. The highest BCUT2D eigenvalue weighted by molar-refractivity contribution is 5.73. The van der Waals surface area contributed by atoms with Crippen molar-refractivity contribution in [2.24, 2.45) is 11.8 Å². The first kappa shape index (κ1) is 10.5. The lowest BCUT2D eigenvalue weighted by Gasteiger charge is -2.23. The lowest BCUT2D eigenvalue weighted by atomic mass is 9.98. The van der Waals surface area contributed by atoms with Crippen molar-refractivity contribution < 1.29 is 9.53 Å². The largest absolute Gasteiger partial charge is 0.460 e. The van der Waals surface area contributed by atoms with Gasteiger partial charge in [0.05, 0.1) is 5.92 Å². The molecule has 1 aliphatic rings. The van der Waals surface area contributed by atoms with E-state index in [9.17, 15) is 4.79 Å². The average molecular weight is 185 g/mol. The van der Waals surface area contributed by atoms with Crippen molar-refractivity contribution in [3.63, 3.8) is 0 Å². The number of hydrogen-bond donors (Lipinski definition) is 1. The molecule has 0 amide bonds. The Hall–Kier alpha value is -0.570. The molecular formula is C10H19NO2. The van der Waals surface area contributed by atoms with Gasteiger partial charge in [0.1, 0.15) is 5.60 Å². The van der Waals surface area contributed by atoms with E-state index in [4.69, 9.17) is 4.74 Å². The van der Waals surface area contributed by atoms with Crippen LogP contribution in [0.2, 0.25) is 0 Å². The molecule has 0 aliphatic carbocycles. The summed E-state index contributed by atoms with van der Waals surface area (Å²) in [7, 11) is 0.